The SMILES string of the molecule is CNC(=O)[C@@H](C)N(Cc1ccccc1C)C(=O)Cc1ccccc1[N+](=O)[O-]. The smallest absolute Gasteiger partial charge is 0.273 e. The van der Waals surface area contributed by atoms with Gasteiger partial charge in [0.15, 0.2) is 0 Å². The van der Waals surface area contributed by atoms with Crippen molar-refractivity contribution in [3.8, 4) is 0 Å². The van der Waals surface area contributed by atoms with E-state index in [1.54, 1.807) is 25.1 Å². The van der Waals surface area contributed by atoms with Gasteiger partial charge in [-0.2, -0.15) is 0 Å². The molecule has 0 aromatic heterocycles. The first kappa shape index (κ1) is 20.1. The highest BCUT2D eigenvalue weighted by atomic mass is 16.6. The van der Waals surface area contributed by atoms with Gasteiger partial charge in [-0.25, -0.2) is 0 Å². The van der Waals surface area contributed by atoms with Gasteiger partial charge in [-0.3, -0.25) is 19.7 Å². The lowest BCUT2D eigenvalue weighted by molar-refractivity contribution is -0.385. The van der Waals surface area contributed by atoms with Crippen LogP contribution in [0.1, 0.15) is 23.6 Å². The van der Waals surface area contributed by atoms with Crippen LogP contribution in [0.15, 0.2) is 48.5 Å². The maximum atomic E-state index is 13.0. The first-order valence-electron chi connectivity index (χ1n) is 8.63. The molecule has 7 nitrogen and oxygen atoms in total. The minimum Gasteiger partial charge on any atom is -0.357 e. The molecule has 0 radical (unpaired) electrons. The second-order valence-corrected chi connectivity index (χ2v) is 6.30. The first-order chi connectivity index (χ1) is 12.8. The number of hydrogen-bond acceptors (Lipinski definition) is 4. The lowest BCUT2D eigenvalue weighted by Gasteiger charge is -2.29. The quantitative estimate of drug-likeness (QED) is 0.600. The number of amides is 2. The summed E-state index contributed by atoms with van der Waals surface area (Å²) in [5.41, 5.74) is 2.15. The first-order valence-corrected chi connectivity index (χ1v) is 8.63. The molecule has 0 fully saturated rings. The number of hydrogen-bond donors (Lipinski definition) is 1. The molecular formula is C20H23N3O4. The molecule has 2 rings (SSSR count). The average molecular weight is 369 g/mol. The summed E-state index contributed by atoms with van der Waals surface area (Å²) >= 11 is 0. The van der Waals surface area contributed by atoms with E-state index in [1.165, 1.54) is 18.0 Å². The Bertz CT molecular complexity index is 851. The average Bonchev–Trinajstić information content (AvgIpc) is 2.66. The van der Waals surface area contributed by atoms with Crippen molar-refractivity contribution in [1.29, 1.82) is 0 Å². The molecule has 0 saturated carbocycles. The molecule has 2 aromatic carbocycles. The van der Waals surface area contributed by atoms with E-state index in [9.17, 15) is 19.7 Å². The van der Waals surface area contributed by atoms with E-state index in [0.29, 0.717) is 5.56 Å². The van der Waals surface area contributed by atoms with Crippen molar-refractivity contribution in [3.05, 3.63) is 75.3 Å². The van der Waals surface area contributed by atoms with Gasteiger partial charge in [-0.15, -0.1) is 0 Å². The predicted octanol–water partition coefficient (Wildman–Crippen LogP) is 2.61. The zero-order valence-electron chi connectivity index (χ0n) is 15.6. The van der Waals surface area contributed by atoms with Gasteiger partial charge in [0.2, 0.25) is 11.8 Å². The summed E-state index contributed by atoms with van der Waals surface area (Å²) in [7, 11) is 1.51. The molecule has 27 heavy (non-hydrogen) atoms. The maximum absolute atomic E-state index is 13.0. The van der Waals surface area contributed by atoms with Gasteiger partial charge >= 0.3 is 0 Å². The van der Waals surface area contributed by atoms with Crippen LogP contribution in [0.25, 0.3) is 0 Å². The third kappa shape index (κ3) is 4.91. The van der Waals surface area contributed by atoms with Crippen LogP contribution in [0.5, 0.6) is 0 Å². The molecule has 1 N–H and O–H groups in total. The van der Waals surface area contributed by atoms with Gasteiger partial charge in [0.1, 0.15) is 6.04 Å². The molecular weight excluding hydrogens is 346 g/mol. The van der Waals surface area contributed by atoms with Crippen molar-refractivity contribution in [2.75, 3.05) is 7.05 Å². The fourth-order valence-corrected chi connectivity index (χ4v) is 2.87. The van der Waals surface area contributed by atoms with Crippen LogP contribution in [-0.4, -0.2) is 34.7 Å². The van der Waals surface area contributed by atoms with Crippen molar-refractivity contribution in [2.45, 2.75) is 32.9 Å². The van der Waals surface area contributed by atoms with Crippen LogP contribution in [0.4, 0.5) is 5.69 Å². The fourth-order valence-electron chi connectivity index (χ4n) is 2.87. The van der Waals surface area contributed by atoms with E-state index in [-0.39, 0.29) is 30.5 Å². The second kappa shape index (κ2) is 8.93. The van der Waals surface area contributed by atoms with Crippen LogP contribution in [0.3, 0.4) is 0 Å². The number of benzene rings is 2. The molecule has 0 heterocycles. The van der Waals surface area contributed by atoms with E-state index in [4.69, 9.17) is 0 Å². The third-order valence-corrected chi connectivity index (χ3v) is 4.55. The normalized spacial score (nSPS) is 11.5. The molecule has 0 aliphatic carbocycles. The Hall–Kier alpha value is -3.22. The third-order valence-electron chi connectivity index (χ3n) is 4.55. The molecule has 142 valence electrons. The topological polar surface area (TPSA) is 92.6 Å². The number of carbonyl (C=O) groups is 2. The van der Waals surface area contributed by atoms with Crippen LogP contribution >= 0.6 is 0 Å². The van der Waals surface area contributed by atoms with E-state index in [2.05, 4.69) is 5.32 Å². The van der Waals surface area contributed by atoms with E-state index < -0.39 is 11.0 Å². The Kier molecular flexibility index (Phi) is 6.65. The van der Waals surface area contributed by atoms with Gasteiger partial charge in [0.05, 0.1) is 11.3 Å². The Balaban J connectivity index is 2.32. The number of para-hydroxylation sites is 1. The van der Waals surface area contributed by atoms with E-state index >= 15 is 0 Å². The summed E-state index contributed by atoms with van der Waals surface area (Å²) in [5, 5.41) is 13.8. The van der Waals surface area contributed by atoms with Gasteiger partial charge in [0, 0.05) is 25.2 Å². The highest BCUT2D eigenvalue weighted by Gasteiger charge is 2.27. The zero-order chi connectivity index (χ0) is 20.0. The Labute approximate surface area is 158 Å². The number of rotatable bonds is 7. The van der Waals surface area contributed by atoms with Crippen LogP contribution < -0.4 is 5.32 Å². The number of nitro groups is 1. The van der Waals surface area contributed by atoms with Crippen molar-refractivity contribution in [3.63, 3.8) is 0 Å². The molecule has 0 unspecified atom stereocenters. The van der Waals surface area contributed by atoms with Crippen molar-refractivity contribution >= 4 is 17.5 Å². The number of nitrogens with one attached hydrogen (secondary N) is 1. The highest BCUT2D eigenvalue weighted by molar-refractivity contribution is 5.88. The molecule has 0 bridgehead atoms. The Morgan fingerprint density at radius 2 is 1.70 bits per heavy atom. The molecule has 0 spiro atoms. The lowest BCUT2D eigenvalue weighted by Crippen LogP contribution is -2.47. The van der Waals surface area contributed by atoms with Crippen molar-refractivity contribution < 1.29 is 14.5 Å². The van der Waals surface area contributed by atoms with Gasteiger partial charge in [-0.1, -0.05) is 42.5 Å². The molecule has 2 amide bonds. The summed E-state index contributed by atoms with van der Waals surface area (Å²) in [6.07, 6.45) is -0.148. The summed E-state index contributed by atoms with van der Waals surface area (Å²) in [6.45, 7) is 3.83. The summed E-state index contributed by atoms with van der Waals surface area (Å²) in [4.78, 5) is 37.3. The monoisotopic (exact) mass is 369 g/mol. The number of nitrogens with zero attached hydrogens (tertiary/aromatic N) is 2. The highest BCUT2D eigenvalue weighted by Crippen LogP contribution is 2.21. The van der Waals surface area contributed by atoms with Crippen LogP contribution in [-0.2, 0) is 22.6 Å². The van der Waals surface area contributed by atoms with E-state index in [1.807, 2.05) is 31.2 Å². The zero-order valence-corrected chi connectivity index (χ0v) is 15.6. The van der Waals surface area contributed by atoms with Gasteiger partial charge < -0.3 is 10.2 Å². The molecule has 2 aromatic rings. The number of aryl methyl sites for hydroxylation is 1. The lowest BCUT2D eigenvalue weighted by atomic mass is 10.0. The van der Waals surface area contributed by atoms with Crippen LogP contribution in [0, 0.1) is 17.0 Å². The van der Waals surface area contributed by atoms with Crippen molar-refractivity contribution in [1.82, 2.24) is 10.2 Å². The summed E-state index contributed by atoms with van der Waals surface area (Å²) in [5.74, 6) is -0.636. The van der Waals surface area contributed by atoms with Crippen LogP contribution in [0.2, 0.25) is 0 Å². The maximum Gasteiger partial charge on any atom is 0.273 e. The number of nitro benzene ring substituents is 1. The predicted molar refractivity (Wildman–Crippen MR) is 102 cm³/mol. The second-order valence-electron chi connectivity index (χ2n) is 6.30. The largest absolute Gasteiger partial charge is 0.357 e. The molecule has 0 aliphatic heterocycles. The molecule has 0 saturated heterocycles. The number of likely N-dealkylation sites (N-methyl/N-ethyl adjacent to an activating group) is 1. The van der Waals surface area contributed by atoms with Gasteiger partial charge in [0.25, 0.3) is 5.69 Å². The standard InChI is InChI=1S/C20H23N3O4/c1-14-8-4-5-10-17(14)13-22(15(2)20(25)21-3)19(24)12-16-9-6-7-11-18(16)23(26)27/h4-11,15H,12-13H2,1-3H3,(H,21,25)/t15-/m1/s1. The Morgan fingerprint density at radius 1 is 1.11 bits per heavy atom. The molecule has 0 aliphatic rings. The molecule has 7 heteroatoms. The Morgan fingerprint density at radius 3 is 2.30 bits per heavy atom. The number of carbonyl (C=O) groups excluding carboxylic acids is 2. The fraction of sp³-hybridized carbons (Fsp3) is 0.300. The van der Waals surface area contributed by atoms with Gasteiger partial charge in [-0.05, 0) is 25.0 Å². The minimum atomic E-state index is -0.704. The minimum absolute atomic E-state index is 0.103. The van der Waals surface area contributed by atoms with Crippen molar-refractivity contribution in [2.24, 2.45) is 0 Å². The summed E-state index contributed by atoms with van der Waals surface area (Å²) in [6, 6.07) is 13.1. The summed E-state index contributed by atoms with van der Waals surface area (Å²) < 4.78 is 0. The molecule has 1 atom stereocenters. The van der Waals surface area contributed by atoms with E-state index in [0.717, 1.165) is 11.1 Å².